The minimum atomic E-state index is -0.518. The quantitative estimate of drug-likeness (QED) is 0.936. The minimum absolute atomic E-state index is 0.518. The van der Waals surface area contributed by atoms with E-state index in [9.17, 15) is 5.11 Å². The number of hydrogen-bond donors (Lipinski definition) is 1. The SMILES string of the molecule is CC(O)c1cccnc1N(C)Cc1ccc(Br)cc1. The van der Waals surface area contributed by atoms with E-state index < -0.39 is 6.10 Å². The minimum Gasteiger partial charge on any atom is -0.389 e. The summed E-state index contributed by atoms with van der Waals surface area (Å²) < 4.78 is 1.07. The molecule has 0 aliphatic heterocycles. The Morgan fingerprint density at radius 3 is 2.58 bits per heavy atom. The topological polar surface area (TPSA) is 36.4 Å². The molecular weight excluding hydrogens is 304 g/mol. The molecule has 100 valence electrons. The third-order valence-corrected chi connectivity index (χ3v) is 3.49. The van der Waals surface area contributed by atoms with Crippen LogP contribution in [0.15, 0.2) is 47.1 Å². The van der Waals surface area contributed by atoms with Gasteiger partial charge in [0.1, 0.15) is 5.82 Å². The second kappa shape index (κ2) is 6.17. The number of anilines is 1. The molecule has 1 atom stereocenters. The van der Waals surface area contributed by atoms with Crippen LogP contribution in [-0.4, -0.2) is 17.1 Å². The molecule has 4 heteroatoms. The molecule has 2 rings (SSSR count). The van der Waals surface area contributed by atoms with E-state index in [1.54, 1.807) is 13.1 Å². The van der Waals surface area contributed by atoms with Gasteiger partial charge in [0, 0.05) is 29.8 Å². The van der Waals surface area contributed by atoms with Crippen molar-refractivity contribution in [3.05, 3.63) is 58.2 Å². The maximum atomic E-state index is 9.78. The average Bonchev–Trinajstić information content (AvgIpc) is 2.41. The first-order chi connectivity index (χ1) is 9.08. The monoisotopic (exact) mass is 320 g/mol. The number of rotatable bonds is 4. The van der Waals surface area contributed by atoms with Crippen LogP contribution in [0.3, 0.4) is 0 Å². The number of aromatic nitrogens is 1. The number of halogens is 1. The van der Waals surface area contributed by atoms with Crippen molar-refractivity contribution in [3.8, 4) is 0 Å². The van der Waals surface area contributed by atoms with Crippen molar-refractivity contribution in [2.75, 3.05) is 11.9 Å². The molecular formula is C15H17BrN2O. The molecule has 0 saturated carbocycles. The molecule has 0 aliphatic rings. The predicted molar refractivity (Wildman–Crippen MR) is 81.1 cm³/mol. The van der Waals surface area contributed by atoms with Gasteiger partial charge in [-0.25, -0.2) is 4.98 Å². The summed E-state index contributed by atoms with van der Waals surface area (Å²) in [5, 5.41) is 9.78. The van der Waals surface area contributed by atoms with Gasteiger partial charge in [0.2, 0.25) is 0 Å². The number of pyridine rings is 1. The third kappa shape index (κ3) is 3.55. The van der Waals surface area contributed by atoms with Crippen molar-refractivity contribution in [1.29, 1.82) is 0 Å². The smallest absolute Gasteiger partial charge is 0.134 e. The number of aliphatic hydroxyl groups is 1. The van der Waals surface area contributed by atoms with Crippen molar-refractivity contribution in [1.82, 2.24) is 4.98 Å². The Kier molecular flexibility index (Phi) is 4.56. The second-order valence-corrected chi connectivity index (χ2v) is 5.49. The zero-order valence-electron chi connectivity index (χ0n) is 11.0. The van der Waals surface area contributed by atoms with Crippen molar-refractivity contribution in [2.24, 2.45) is 0 Å². The summed E-state index contributed by atoms with van der Waals surface area (Å²) in [6.07, 6.45) is 1.23. The first-order valence-corrected chi connectivity index (χ1v) is 6.96. The van der Waals surface area contributed by atoms with Gasteiger partial charge < -0.3 is 10.0 Å². The molecule has 0 spiro atoms. The van der Waals surface area contributed by atoms with Gasteiger partial charge in [0.15, 0.2) is 0 Å². The van der Waals surface area contributed by atoms with E-state index in [1.807, 2.05) is 36.2 Å². The Hall–Kier alpha value is -1.39. The number of nitrogens with zero attached hydrogens (tertiary/aromatic N) is 2. The van der Waals surface area contributed by atoms with Gasteiger partial charge in [-0.1, -0.05) is 34.1 Å². The average molecular weight is 321 g/mol. The van der Waals surface area contributed by atoms with Gasteiger partial charge in [0.05, 0.1) is 6.10 Å². The zero-order valence-corrected chi connectivity index (χ0v) is 12.6. The normalized spacial score (nSPS) is 12.2. The highest BCUT2D eigenvalue weighted by molar-refractivity contribution is 9.10. The third-order valence-electron chi connectivity index (χ3n) is 2.96. The first kappa shape index (κ1) is 14.0. The van der Waals surface area contributed by atoms with Crippen molar-refractivity contribution >= 4 is 21.7 Å². The van der Waals surface area contributed by atoms with Crippen LogP contribution in [-0.2, 0) is 6.54 Å². The molecule has 1 heterocycles. The van der Waals surface area contributed by atoms with Crippen molar-refractivity contribution < 1.29 is 5.11 Å². The highest BCUT2D eigenvalue weighted by atomic mass is 79.9. The van der Waals surface area contributed by atoms with Gasteiger partial charge in [-0.3, -0.25) is 0 Å². The van der Waals surface area contributed by atoms with E-state index in [2.05, 4.69) is 33.0 Å². The molecule has 0 amide bonds. The lowest BCUT2D eigenvalue weighted by atomic mass is 10.1. The highest BCUT2D eigenvalue weighted by Crippen LogP contribution is 2.24. The van der Waals surface area contributed by atoms with Crippen LogP contribution in [0.2, 0.25) is 0 Å². The van der Waals surface area contributed by atoms with Gasteiger partial charge in [-0.05, 0) is 30.7 Å². The molecule has 3 nitrogen and oxygen atoms in total. The summed E-state index contributed by atoms with van der Waals surface area (Å²) in [6, 6.07) is 12.0. The summed E-state index contributed by atoms with van der Waals surface area (Å²) in [5.74, 6) is 0.820. The molecule has 1 N–H and O–H groups in total. The van der Waals surface area contributed by atoms with Gasteiger partial charge in [-0.2, -0.15) is 0 Å². The van der Waals surface area contributed by atoms with E-state index in [0.717, 1.165) is 22.4 Å². The van der Waals surface area contributed by atoms with Gasteiger partial charge >= 0.3 is 0 Å². The maximum Gasteiger partial charge on any atom is 0.134 e. The van der Waals surface area contributed by atoms with Gasteiger partial charge in [-0.15, -0.1) is 0 Å². The summed E-state index contributed by atoms with van der Waals surface area (Å²) in [5.41, 5.74) is 2.05. The van der Waals surface area contributed by atoms with E-state index >= 15 is 0 Å². The van der Waals surface area contributed by atoms with Gasteiger partial charge in [0.25, 0.3) is 0 Å². The Labute approximate surface area is 122 Å². The lowest BCUT2D eigenvalue weighted by molar-refractivity contribution is 0.199. The summed E-state index contributed by atoms with van der Waals surface area (Å²) >= 11 is 3.43. The molecule has 0 fully saturated rings. The first-order valence-electron chi connectivity index (χ1n) is 6.16. The summed E-state index contributed by atoms with van der Waals surface area (Å²) in [6.45, 7) is 2.51. The largest absolute Gasteiger partial charge is 0.389 e. The van der Waals surface area contributed by atoms with Crippen LogP contribution in [0.4, 0.5) is 5.82 Å². The molecule has 0 radical (unpaired) electrons. The summed E-state index contributed by atoms with van der Waals surface area (Å²) in [4.78, 5) is 6.42. The molecule has 0 aliphatic carbocycles. The fourth-order valence-corrected chi connectivity index (χ4v) is 2.26. The molecule has 1 aromatic carbocycles. The molecule has 0 saturated heterocycles. The highest BCUT2D eigenvalue weighted by Gasteiger charge is 2.12. The van der Waals surface area contributed by atoms with E-state index in [4.69, 9.17) is 0 Å². The number of aliphatic hydroxyl groups excluding tert-OH is 1. The van der Waals surface area contributed by atoms with E-state index in [0.29, 0.717) is 0 Å². The fraction of sp³-hybridized carbons (Fsp3) is 0.267. The zero-order chi connectivity index (χ0) is 13.8. The predicted octanol–water partition coefficient (Wildman–Crippen LogP) is 3.53. The second-order valence-electron chi connectivity index (χ2n) is 4.57. The van der Waals surface area contributed by atoms with Crippen molar-refractivity contribution in [3.63, 3.8) is 0 Å². The van der Waals surface area contributed by atoms with E-state index in [1.165, 1.54) is 5.56 Å². The lowest BCUT2D eigenvalue weighted by Gasteiger charge is -2.22. The van der Waals surface area contributed by atoms with Crippen LogP contribution >= 0.6 is 15.9 Å². The molecule has 19 heavy (non-hydrogen) atoms. The number of hydrogen-bond acceptors (Lipinski definition) is 3. The molecule has 2 aromatic rings. The molecule has 0 bridgehead atoms. The Balaban J connectivity index is 2.20. The van der Waals surface area contributed by atoms with Crippen molar-refractivity contribution in [2.45, 2.75) is 19.6 Å². The molecule has 1 aromatic heterocycles. The van der Waals surface area contributed by atoms with Crippen LogP contribution < -0.4 is 4.90 Å². The maximum absolute atomic E-state index is 9.78. The van der Waals surface area contributed by atoms with Crippen LogP contribution in [0.25, 0.3) is 0 Å². The standard InChI is InChI=1S/C15H17BrN2O/c1-11(19)14-4-3-9-17-15(14)18(2)10-12-5-7-13(16)8-6-12/h3-9,11,19H,10H2,1-2H3. The fourth-order valence-electron chi connectivity index (χ4n) is 1.99. The Morgan fingerprint density at radius 1 is 1.26 bits per heavy atom. The Morgan fingerprint density at radius 2 is 1.95 bits per heavy atom. The van der Waals surface area contributed by atoms with Crippen LogP contribution in [0, 0.1) is 0 Å². The van der Waals surface area contributed by atoms with E-state index in [-0.39, 0.29) is 0 Å². The molecule has 1 unspecified atom stereocenters. The Bertz CT molecular complexity index is 540. The van der Waals surface area contributed by atoms with Crippen LogP contribution in [0.5, 0.6) is 0 Å². The lowest BCUT2D eigenvalue weighted by Crippen LogP contribution is -2.19. The van der Waals surface area contributed by atoms with Crippen LogP contribution in [0.1, 0.15) is 24.2 Å². The summed E-state index contributed by atoms with van der Waals surface area (Å²) in [7, 11) is 1.98. The number of benzene rings is 1.